The Hall–Kier alpha value is -6.95. The van der Waals surface area contributed by atoms with Crippen LogP contribution in [0.2, 0.25) is 0 Å². The SMILES string of the molecule is COC1C(N(C)C(=O)C(Cc2ccc(C)cc2)NC(=O)OCC2c3ccccc3-c3ccccc32)CC2OC1(C)n1c3ccccc3c3c4c(c5c6ccccc6n2c5c31)C(=O)NC4. The van der Waals surface area contributed by atoms with Crippen LogP contribution in [0, 0.1) is 6.92 Å². The summed E-state index contributed by atoms with van der Waals surface area (Å²) in [4.78, 5) is 44.9. The van der Waals surface area contributed by atoms with E-state index in [0.717, 1.165) is 82.6 Å². The van der Waals surface area contributed by atoms with Gasteiger partial charge in [-0.15, -0.1) is 0 Å². The standard InChI is InChI=1S/C53H47N5O6/c1-29-21-23-30(24-22-29)25-39(55-52(61)63-28-38-33-15-7-5-13-31(33)32-14-6-8-16-34(32)38)51(60)56(3)42-26-43-57-40-19-11-9-17-35(40)45-46-37(27-54-50(46)59)44-36-18-10-12-20-41(36)58(48(44)47(45)57)53(2,64-43)49(42)62-4/h5-24,38-39,42-43,49H,25-28H2,1-4H3,(H,54,59)(H,55,61). The maximum absolute atomic E-state index is 15.3. The predicted molar refractivity (Wildman–Crippen MR) is 246 cm³/mol. The molecule has 11 nitrogen and oxygen atoms in total. The number of alkyl carbamates (subject to hydrolysis) is 1. The first-order chi connectivity index (χ1) is 31.2. The van der Waals surface area contributed by atoms with Crippen molar-refractivity contribution in [3.63, 3.8) is 0 Å². The van der Waals surface area contributed by atoms with Crippen molar-refractivity contribution in [3.05, 3.63) is 155 Å². The lowest BCUT2D eigenvalue weighted by atomic mass is 9.91. The largest absolute Gasteiger partial charge is 0.449 e. The van der Waals surface area contributed by atoms with Crippen molar-refractivity contribution in [2.24, 2.45) is 0 Å². The average Bonchev–Trinajstić information content (AvgIpc) is 4.04. The molecule has 1 fully saturated rings. The van der Waals surface area contributed by atoms with Gasteiger partial charge in [-0.05, 0) is 59.4 Å². The number of nitrogens with one attached hydrogen (secondary N) is 2. The molecular formula is C53H47N5O6. The number of hydrogen-bond donors (Lipinski definition) is 2. The third kappa shape index (κ3) is 5.43. The fourth-order valence-electron chi connectivity index (χ4n) is 11.7. The van der Waals surface area contributed by atoms with Gasteiger partial charge in [-0.3, -0.25) is 9.59 Å². The summed E-state index contributed by atoms with van der Waals surface area (Å²) in [7, 11) is 3.48. The van der Waals surface area contributed by atoms with Crippen LogP contribution in [-0.2, 0) is 37.7 Å². The molecule has 0 saturated carbocycles. The number of aryl methyl sites for hydroxylation is 1. The molecule has 3 aliphatic heterocycles. The van der Waals surface area contributed by atoms with Crippen LogP contribution in [0.3, 0.4) is 0 Å². The second kappa shape index (κ2) is 14.3. The Morgan fingerprint density at radius 2 is 1.50 bits per heavy atom. The lowest BCUT2D eigenvalue weighted by molar-refractivity contribution is -0.266. The number of aromatic nitrogens is 2. The van der Waals surface area contributed by atoms with E-state index in [1.165, 1.54) is 0 Å². The molecule has 2 bridgehead atoms. The maximum Gasteiger partial charge on any atom is 0.407 e. The van der Waals surface area contributed by atoms with Gasteiger partial charge in [0.15, 0.2) is 5.72 Å². The number of hydrogen-bond acceptors (Lipinski definition) is 6. The van der Waals surface area contributed by atoms with Gasteiger partial charge in [-0.2, -0.15) is 0 Å². The summed E-state index contributed by atoms with van der Waals surface area (Å²) in [5.41, 5.74) is 10.8. The highest BCUT2D eigenvalue weighted by atomic mass is 16.6. The fourth-order valence-corrected chi connectivity index (χ4v) is 11.7. The molecule has 0 spiro atoms. The van der Waals surface area contributed by atoms with E-state index in [0.29, 0.717) is 18.5 Å². The van der Waals surface area contributed by atoms with Crippen LogP contribution in [0.5, 0.6) is 0 Å². The van der Waals surface area contributed by atoms with Gasteiger partial charge in [0.05, 0.1) is 33.7 Å². The molecule has 11 heteroatoms. The molecular weight excluding hydrogens is 803 g/mol. The number of amides is 3. The third-order valence-corrected chi connectivity index (χ3v) is 14.5. The van der Waals surface area contributed by atoms with Gasteiger partial charge in [0, 0.05) is 61.0 Å². The van der Waals surface area contributed by atoms with Crippen LogP contribution in [0.25, 0.3) is 54.7 Å². The first-order valence-electron chi connectivity index (χ1n) is 22.1. The van der Waals surface area contributed by atoms with E-state index in [-0.39, 0.29) is 30.8 Å². The second-order valence-corrected chi connectivity index (χ2v) is 18.0. The van der Waals surface area contributed by atoms with Crippen molar-refractivity contribution in [2.45, 2.75) is 69.3 Å². The molecule has 1 aliphatic carbocycles. The van der Waals surface area contributed by atoms with Crippen LogP contribution >= 0.6 is 0 Å². The normalized spacial score (nSPS) is 21.2. The lowest BCUT2D eigenvalue weighted by Crippen LogP contribution is -2.63. The Balaban J connectivity index is 0.939. The summed E-state index contributed by atoms with van der Waals surface area (Å²) in [6.45, 7) is 4.62. The molecule has 0 radical (unpaired) electrons. The Morgan fingerprint density at radius 3 is 2.20 bits per heavy atom. The van der Waals surface area contributed by atoms with Crippen LogP contribution in [-0.4, -0.2) is 70.9 Å². The summed E-state index contributed by atoms with van der Waals surface area (Å²) in [6, 6.07) is 39.4. The van der Waals surface area contributed by atoms with E-state index in [4.69, 9.17) is 14.2 Å². The summed E-state index contributed by atoms with van der Waals surface area (Å²) in [6.07, 6.45) is -1.26. The highest BCUT2D eigenvalue weighted by Crippen LogP contribution is 2.54. The minimum absolute atomic E-state index is 0.0857. The number of nitrogens with zero attached hydrogens (tertiary/aromatic N) is 3. The molecule has 2 N–H and O–H groups in total. The Morgan fingerprint density at radius 1 is 0.859 bits per heavy atom. The summed E-state index contributed by atoms with van der Waals surface area (Å²) < 4.78 is 24.5. The lowest BCUT2D eigenvalue weighted by Gasteiger charge is -2.50. The smallest absolute Gasteiger partial charge is 0.407 e. The first-order valence-corrected chi connectivity index (χ1v) is 22.1. The van der Waals surface area contributed by atoms with Crippen LogP contribution < -0.4 is 10.6 Å². The van der Waals surface area contributed by atoms with Crippen molar-refractivity contribution in [2.75, 3.05) is 20.8 Å². The Kier molecular flexibility index (Phi) is 8.64. The number of fused-ring (bicyclic) bond motifs is 16. The van der Waals surface area contributed by atoms with Crippen molar-refractivity contribution in [1.82, 2.24) is 24.7 Å². The van der Waals surface area contributed by atoms with Gasteiger partial charge in [0.25, 0.3) is 5.91 Å². The van der Waals surface area contributed by atoms with Crippen LogP contribution in [0.1, 0.15) is 63.7 Å². The zero-order valence-corrected chi connectivity index (χ0v) is 36.1. The highest BCUT2D eigenvalue weighted by Gasteiger charge is 2.55. The molecule has 2 aromatic heterocycles. The number of rotatable bonds is 8. The molecule has 3 amide bonds. The van der Waals surface area contributed by atoms with Gasteiger partial charge in [-0.25, -0.2) is 4.79 Å². The topological polar surface area (TPSA) is 116 Å². The molecule has 8 aromatic rings. The fraction of sp³-hybridized carbons (Fsp3) is 0.264. The number of likely N-dealkylation sites (N-methyl/N-ethyl adjacent to an activating group) is 1. The van der Waals surface area contributed by atoms with Gasteiger partial charge < -0.3 is 38.9 Å². The number of carbonyl (C=O) groups is 3. The van der Waals surface area contributed by atoms with E-state index in [2.05, 4.69) is 75.2 Å². The van der Waals surface area contributed by atoms with E-state index in [9.17, 15) is 9.59 Å². The van der Waals surface area contributed by atoms with Crippen LogP contribution in [0.15, 0.2) is 121 Å². The maximum atomic E-state index is 15.3. The Bertz CT molecular complexity index is 3230. The molecule has 320 valence electrons. The monoisotopic (exact) mass is 849 g/mol. The van der Waals surface area contributed by atoms with E-state index >= 15 is 4.79 Å². The number of carbonyl (C=O) groups excluding carboxylic acids is 3. The van der Waals surface area contributed by atoms with Gasteiger partial charge >= 0.3 is 6.09 Å². The average molecular weight is 850 g/mol. The minimum atomic E-state index is -1.14. The zero-order valence-electron chi connectivity index (χ0n) is 36.1. The molecule has 5 unspecified atom stereocenters. The van der Waals surface area contributed by atoms with Gasteiger partial charge in [0.1, 0.15) is 25.0 Å². The molecule has 6 aromatic carbocycles. The van der Waals surface area contributed by atoms with E-state index < -0.39 is 36.2 Å². The number of benzene rings is 6. The van der Waals surface area contributed by atoms with Gasteiger partial charge in [0.2, 0.25) is 5.91 Å². The van der Waals surface area contributed by atoms with Crippen molar-refractivity contribution < 1.29 is 28.6 Å². The summed E-state index contributed by atoms with van der Waals surface area (Å²) >= 11 is 0. The predicted octanol–water partition coefficient (Wildman–Crippen LogP) is 9.05. The third-order valence-electron chi connectivity index (χ3n) is 14.5. The van der Waals surface area contributed by atoms with E-state index in [1.54, 1.807) is 19.1 Å². The number of methoxy groups -OCH3 is 1. The first kappa shape index (κ1) is 38.7. The second-order valence-electron chi connectivity index (χ2n) is 18.0. The van der Waals surface area contributed by atoms with Gasteiger partial charge in [-0.1, -0.05) is 115 Å². The highest BCUT2D eigenvalue weighted by molar-refractivity contribution is 6.31. The van der Waals surface area contributed by atoms with Crippen molar-refractivity contribution in [1.29, 1.82) is 0 Å². The molecule has 12 rings (SSSR count). The summed E-state index contributed by atoms with van der Waals surface area (Å²) in [5, 5.41) is 10.1. The summed E-state index contributed by atoms with van der Waals surface area (Å²) in [5.74, 6) is -0.493. The zero-order chi connectivity index (χ0) is 43.6. The molecule has 5 atom stereocenters. The van der Waals surface area contributed by atoms with Crippen LogP contribution in [0.4, 0.5) is 4.79 Å². The number of para-hydroxylation sites is 2. The quantitative estimate of drug-likeness (QED) is 0.158. The van der Waals surface area contributed by atoms with E-state index in [1.807, 2.05) is 79.7 Å². The molecule has 64 heavy (non-hydrogen) atoms. The van der Waals surface area contributed by atoms with Crippen molar-refractivity contribution >= 4 is 61.5 Å². The Labute approximate surface area is 369 Å². The molecule has 5 heterocycles. The number of ether oxygens (including phenoxy) is 3. The molecule has 4 aliphatic rings. The minimum Gasteiger partial charge on any atom is -0.449 e. The van der Waals surface area contributed by atoms with Crippen molar-refractivity contribution in [3.8, 4) is 11.1 Å². The molecule has 1 saturated heterocycles.